The van der Waals surface area contributed by atoms with E-state index in [0.29, 0.717) is 5.56 Å². The van der Waals surface area contributed by atoms with Gasteiger partial charge in [0.25, 0.3) is 0 Å². The van der Waals surface area contributed by atoms with Crippen molar-refractivity contribution in [1.82, 2.24) is 9.55 Å². The highest BCUT2D eigenvalue weighted by Gasteiger charge is 2.19. The van der Waals surface area contributed by atoms with Crippen molar-refractivity contribution in [2.24, 2.45) is 7.05 Å². The Bertz CT molecular complexity index is 894. The summed E-state index contributed by atoms with van der Waals surface area (Å²) < 4.78 is 7.94. The van der Waals surface area contributed by atoms with Gasteiger partial charge in [0.2, 0.25) is 0 Å². The molecule has 0 saturated heterocycles. The largest absolute Gasteiger partial charge is 0.490 e. The van der Waals surface area contributed by atoms with E-state index in [1.54, 1.807) is 13.1 Å². The molecule has 0 atom stereocenters. The third-order valence-corrected chi connectivity index (χ3v) is 3.84. The number of hydrogen-bond donors (Lipinski definition) is 1. The molecule has 22 heavy (non-hydrogen) atoms. The number of carboxylic acid groups (broad SMARTS) is 1. The third-order valence-electron chi connectivity index (χ3n) is 3.84. The lowest BCUT2D eigenvalue weighted by Gasteiger charge is -2.11. The molecule has 0 saturated carbocycles. The highest BCUT2D eigenvalue weighted by atomic mass is 16.5. The quantitative estimate of drug-likeness (QED) is 0.803. The normalized spacial score (nSPS) is 11.5. The zero-order chi connectivity index (χ0) is 16.0. The summed E-state index contributed by atoms with van der Waals surface area (Å²) in [5.74, 6) is -0.248. The molecule has 0 aliphatic rings. The van der Waals surface area contributed by atoms with Crippen LogP contribution in [0.4, 0.5) is 0 Å². The lowest BCUT2D eigenvalue weighted by atomic mass is 10.1. The fourth-order valence-electron chi connectivity index (χ4n) is 2.92. The molecule has 0 radical (unpaired) electrons. The smallest absolute Gasteiger partial charge is 0.354 e. The summed E-state index contributed by atoms with van der Waals surface area (Å²) in [6.45, 7) is 5.74. The molecule has 0 aliphatic heterocycles. The Morgan fingerprint density at radius 2 is 2.00 bits per heavy atom. The molecule has 0 aliphatic carbocycles. The summed E-state index contributed by atoms with van der Waals surface area (Å²) in [5, 5.41) is 11.1. The molecule has 114 valence electrons. The Labute approximate surface area is 128 Å². The van der Waals surface area contributed by atoms with Crippen molar-refractivity contribution in [2.45, 2.75) is 26.9 Å². The maximum Gasteiger partial charge on any atom is 0.354 e. The molecular formula is C17H18N2O3. The summed E-state index contributed by atoms with van der Waals surface area (Å²) in [6, 6.07) is 5.87. The molecule has 5 nitrogen and oxygen atoms in total. The summed E-state index contributed by atoms with van der Waals surface area (Å²) >= 11 is 0. The second-order valence-corrected chi connectivity index (χ2v) is 5.67. The van der Waals surface area contributed by atoms with Gasteiger partial charge in [0, 0.05) is 17.8 Å². The summed E-state index contributed by atoms with van der Waals surface area (Å²) in [4.78, 5) is 15.5. The highest BCUT2D eigenvalue weighted by Crippen LogP contribution is 2.37. The number of benzene rings is 1. The van der Waals surface area contributed by atoms with Crippen LogP contribution in [-0.2, 0) is 7.05 Å². The molecule has 0 fully saturated rings. The number of aromatic carboxylic acids is 1. The molecule has 1 aromatic carbocycles. The fraction of sp³-hybridized carbons (Fsp3) is 0.294. The number of nitrogens with zero attached hydrogens (tertiary/aromatic N) is 2. The minimum Gasteiger partial charge on any atom is -0.490 e. The predicted octanol–water partition coefficient (Wildman–Crippen LogP) is 3.52. The summed E-state index contributed by atoms with van der Waals surface area (Å²) in [5.41, 5.74) is 2.65. The van der Waals surface area contributed by atoms with Crippen molar-refractivity contribution in [2.75, 3.05) is 0 Å². The van der Waals surface area contributed by atoms with Gasteiger partial charge in [-0.2, -0.15) is 0 Å². The van der Waals surface area contributed by atoms with Crippen LogP contribution in [0.2, 0.25) is 0 Å². The molecule has 0 unspecified atom stereocenters. The minimum absolute atomic E-state index is 0.0435. The number of aromatic nitrogens is 2. The van der Waals surface area contributed by atoms with E-state index >= 15 is 0 Å². The van der Waals surface area contributed by atoms with Gasteiger partial charge >= 0.3 is 5.97 Å². The van der Waals surface area contributed by atoms with Gasteiger partial charge < -0.3 is 14.4 Å². The maximum absolute atomic E-state index is 11.4. The molecule has 3 aromatic rings. The minimum atomic E-state index is -1.02. The lowest BCUT2D eigenvalue weighted by molar-refractivity contribution is 0.0690. The van der Waals surface area contributed by atoms with Crippen LogP contribution in [0.1, 0.15) is 29.9 Å². The second kappa shape index (κ2) is 5.02. The number of rotatable bonds is 3. The first-order valence-corrected chi connectivity index (χ1v) is 7.18. The molecule has 3 rings (SSSR count). The first-order chi connectivity index (χ1) is 10.4. The number of carbonyl (C=O) groups is 1. The van der Waals surface area contributed by atoms with Crippen LogP contribution in [0.25, 0.3) is 21.8 Å². The Morgan fingerprint density at radius 3 is 2.64 bits per heavy atom. The van der Waals surface area contributed by atoms with Crippen LogP contribution < -0.4 is 4.74 Å². The topological polar surface area (TPSA) is 64.3 Å². The van der Waals surface area contributed by atoms with Crippen molar-refractivity contribution in [3.8, 4) is 5.75 Å². The fourth-order valence-corrected chi connectivity index (χ4v) is 2.92. The summed E-state index contributed by atoms with van der Waals surface area (Å²) in [6.07, 6.45) is 1.66. The van der Waals surface area contributed by atoms with E-state index in [1.165, 1.54) is 0 Å². The van der Waals surface area contributed by atoms with Gasteiger partial charge in [-0.15, -0.1) is 0 Å². The van der Waals surface area contributed by atoms with Gasteiger partial charge in [-0.05, 0) is 38.5 Å². The number of hydrogen-bond acceptors (Lipinski definition) is 3. The molecule has 1 N–H and O–H groups in total. The number of aryl methyl sites for hydroxylation is 2. The van der Waals surface area contributed by atoms with E-state index in [0.717, 1.165) is 27.6 Å². The number of fused-ring (bicyclic) bond motifs is 3. The monoisotopic (exact) mass is 298 g/mol. The van der Waals surface area contributed by atoms with E-state index in [2.05, 4.69) is 4.98 Å². The van der Waals surface area contributed by atoms with Crippen LogP contribution in [-0.4, -0.2) is 26.7 Å². The molecule has 0 amide bonds. The Hall–Kier alpha value is -2.56. The van der Waals surface area contributed by atoms with E-state index in [9.17, 15) is 9.90 Å². The Balaban J connectivity index is 2.49. The van der Waals surface area contributed by atoms with E-state index < -0.39 is 5.97 Å². The van der Waals surface area contributed by atoms with Gasteiger partial charge in [0.15, 0.2) is 5.69 Å². The van der Waals surface area contributed by atoms with Crippen molar-refractivity contribution in [3.63, 3.8) is 0 Å². The SMILES string of the molecule is Cc1c(C(=O)O)ncc2c1c1c(OC(C)C)cccc1n2C. The van der Waals surface area contributed by atoms with Gasteiger partial charge in [-0.3, -0.25) is 0 Å². The number of ether oxygens (including phenoxy) is 1. The van der Waals surface area contributed by atoms with Crippen LogP contribution in [0.15, 0.2) is 24.4 Å². The van der Waals surface area contributed by atoms with Gasteiger partial charge in [0.05, 0.1) is 23.3 Å². The molecule has 2 aromatic heterocycles. The van der Waals surface area contributed by atoms with Gasteiger partial charge in [0.1, 0.15) is 5.75 Å². The predicted molar refractivity (Wildman–Crippen MR) is 85.7 cm³/mol. The maximum atomic E-state index is 11.4. The van der Waals surface area contributed by atoms with Crippen LogP contribution in [0, 0.1) is 6.92 Å². The zero-order valence-electron chi connectivity index (χ0n) is 13.0. The number of carboxylic acids is 1. The van der Waals surface area contributed by atoms with Crippen molar-refractivity contribution in [1.29, 1.82) is 0 Å². The van der Waals surface area contributed by atoms with Crippen molar-refractivity contribution >= 4 is 27.8 Å². The van der Waals surface area contributed by atoms with Gasteiger partial charge in [-0.25, -0.2) is 9.78 Å². The van der Waals surface area contributed by atoms with E-state index in [1.807, 2.05) is 43.7 Å². The highest BCUT2D eigenvalue weighted by molar-refractivity contribution is 6.14. The molecule has 0 bridgehead atoms. The molecule has 0 spiro atoms. The Morgan fingerprint density at radius 1 is 1.27 bits per heavy atom. The van der Waals surface area contributed by atoms with Crippen molar-refractivity contribution in [3.05, 3.63) is 35.7 Å². The van der Waals surface area contributed by atoms with E-state index in [4.69, 9.17) is 4.74 Å². The molecular weight excluding hydrogens is 280 g/mol. The third kappa shape index (κ3) is 2.01. The van der Waals surface area contributed by atoms with Crippen molar-refractivity contribution < 1.29 is 14.6 Å². The second-order valence-electron chi connectivity index (χ2n) is 5.67. The first kappa shape index (κ1) is 14.4. The first-order valence-electron chi connectivity index (χ1n) is 7.18. The van der Waals surface area contributed by atoms with Crippen LogP contribution in [0.3, 0.4) is 0 Å². The molecule has 5 heteroatoms. The standard InChI is InChI=1S/C17H18N2O3/c1-9(2)22-13-7-5-6-11-15(13)14-10(3)16(17(20)21)18-8-12(14)19(11)4/h5-9H,1-4H3,(H,20,21). The lowest BCUT2D eigenvalue weighted by Crippen LogP contribution is -2.06. The van der Waals surface area contributed by atoms with E-state index in [-0.39, 0.29) is 11.8 Å². The average molecular weight is 298 g/mol. The average Bonchev–Trinajstić information content (AvgIpc) is 2.74. The van der Waals surface area contributed by atoms with Crippen LogP contribution >= 0.6 is 0 Å². The van der Waals surface area contributed by atoms with Crippen LogP contribution in [0.5, 0.6) is 5.75 Å². The Kier molecular flexibility index (Phi) is 3.28. The molecule has 2 heterocycles. The zero-order valence-corrected chi connectivity index (χ0v) is 13.0. The summed E-state index contributed by atoms with van der Waals surface area (Å²) in [7, 11) is 1.95. The number of pyridine rings is 1. The van der Waals surface area contributed by atoms with Gasteiger partial charge in [-0.1, -0.05) is 6.07 Å².